The van der Waals surface area contributed by atoms with Gasteiger partial charge in [-0.05, 0) is 18.9 Å². The molecule has 0 aliphatic carbocycles. The molecule has 1 saturated heterocycles. The number of hydrogen-bond acceptors (Lipinski definition) is 7. The van der Waals surface area contributed by atoms with Crippen molar-refractivity contribution in [3.05, 3.63) is 35.9 Å². The highest BCUT2D eigenvalue weighted by Crippen LogP contribution is 2.39. The lowest BCUT2D eigenvalue weighted by Gasteiger charge is -2.31. The lowest BCUT2D eigenvalue weighted by molar-refractivity contribution is -0.205. The second-order valence-electron chi connectivity index (χ2n) is 6.19. The van der Waals surface area contributed by atoms with E-state index in [0.717, 1.165) is 5.56 Å². The normalized spacial score (nSPS) is 27.8. The van der Waals surface area contributed by atoms with Crippen LogP contribution in [0.3, 0.4) is 0 Å². The van der Waals surface area contributed by atoms with Gasteiger partial charge in [0.1, 0.15) is 6.10 Å². The van der Waals surface area contributed by atoms with Crippen molar-refractivity contribution in [2.75, 3.05) is 0 Å². The molecular formula is C19H24O7. The van der Waals surface area contributed by atoms with Crippen molar-refractivity contribution < 1.29 is 33.3 Å². The van der Waals surface area contributed by atoms with Crippen molar-refractivity contribution in [1.82, 2.24) is 0 Å². The number of ether oxygens (including phenoxy) is 4. The average molecular weight is 364 g/mol. The molecule has 142 valence electrons. The first kappa shape index (κ1) is 20.1. The first-order chi connectivity index (χ1) is 12.3. The number of Topliss-reactive ketones (excluding diaryl/α,β-unsaturated/α-hetero) is 1. The molecule has 1 aliphatic rings. The van der Waals surface area contributed by atoms with Gasteiger partial charge >= 0.3 is 11.9 Å². The molecule has 1 aromatic rings. The fourth-order valence-electron chi connectivity index (χ4n) is 3.12. The molecule has 1 aliphatic heterocycles. The van der Waals surface area contributed by atoms with E-state index in [9.17, 15) is 14.4 Å². The molecule has 7 nitrogen and oxygen atoms in total. The number of ketones is 1. The summed E-state index contributed by atoms with van der Waals surface area (Å²) in [5.41, 5.74) is -0.478. The van der Waals surface area contributed by atoms with Crippen LogP contribution in [0.1, 0.15) is 39.7 Å². The first-order valence-electron chi connectivity index (χ1n) is 8.49. The molecule has 0 saturated carbocycles. The third-order valence-electron chi connectivity index (χ3n) is 4.33. The molecule has 0 aromatic heterocycles. The third kappa shape index (κ3) is 4.28. The monoisotopic (exact) mass is 364 g/mol. The van der Waals surface area contributed by atoms with Crippen molar-refractivity contribution in [1.29, 1.82) is 0 Å². The van der Waals surface area contributed by atoms with Crippen LogP contribution in [-0.4, -0.2) is 41.8 Å². The molecule has 1 aromatic carbocycles. The van der Waals surface area contributed by atoms with E-state index >= 15 is 0 Å². The Kier molecular flexibility index (Phi) is 6.50. The van der Waals surface area contributed by atoms with Crippen LogP contribution in [0, 0.1) is 0 Å². The van der Waals surface area contributed by atoms with E-state index in [1.165, 1.54) is 20.8 Å². The van der Waals surface area contributed by atoms with Gasteiger partial charge in [-0.25, -0.2) is 0 Å². The molecule has 7 heteroatoms. The molecule has 0 spiro atoms. The molecule has 4 atom stereocenters. The minimum atomic E-state index is -1.37. The Balaban J connectivity index is 2.34. The third-order valence-corrected chi connectivity index (χ3v) is 4.33. The van der Waals surface area contributed by atoms with Crippen molar-refractivity contribution in [3.8, 4) is 0 Å². The summed E-state index contributed by atoms with van der Waals surface area (Å²) in [5, 5.41) is 0. The van der Waals surface area contributed by atoms with Gasteiger partial charge in [-0.3, -0.25) is 14.4 Å². The number of benzene rings is 1. The molecule has 1 fully saturated rings. The van der Waals surface area contributed by atoms with Gasteiger partial charge in [0, 0.05) is 13.8 Å². The van der Waals surface area contributed by atoms with E-state index in [-0.39, 0.29) is 18.8 Å². The zero-order valence-corrected chi connectivity index (χ0v) is 15.4. The SMILES string of the molecule is CC[C@@]1(C(C)=O)OC(OC(C)=O)[C@@H](OC(C)=O)C1OCc1ccccc1. The number of hydrogen-bond donors (Lipinski definition) is 0. The van der Waals surface area contributed by atoms with E-state index < -0.39 is 36.0 Å². The molecule has 0 N–H and O–H groups in total. The molecule has 26 heavy (non-hydrogen) atoms. The Bertz CT molecular complexity index is 657. The average Bonchev–Trinajstić information content (AvgIpc) is 2.87. The van der Waals surface area contributed by atoms with E-state index in [1.807, 2.05) is 30.3 Å². The summed E-state index contributed by atoms with van der Waals surface area (Å²) in [5.74, 6) is -1.48. The van der Waals surface area contributed by atoms with Gasteiger partial charge in [-0.15, -0.1) is 0 Å². The molecule has 0 bridgehead atoms. The summed E-state index contributed by atoms with van der Waals surface area (Å²) < 4.78 is 22.2. The highest BCUT2D eigenvalue weighted by atomic mass is 16.8. The van der Waals surface area contributed by atoms with Crippen molar-refractivity contribution >= 4 is 17.7 Å². The lowest BCUT2D eigenvalue weighted by atomic mass is 9.88. The number of esters is 2. The molecule has 2 unspecified atom stereocenters. The van der Waals surface area contributed by atoms with Crippen molar-refractivity contribution in [2.24, 2.45) is 0 Å². The van der Waals surface area contributed by atoms with Crippen LogP contribution in [0.2, 0.25) is 0 Å². The smallest absolute Gasteiger partial charge is 0.305 e. The van der Waals surface area contributed by atoms with Crippen LogP contribution in [0.25, 0.3) is 0 Å². The molecule has 0 radical (unpaired) electrons. The molecular weight excluding hydrogens is 340 g/mol. The first-order valence-corrected chi connectivity index (χ1v) is 8.49. The second kappa shape index (κ2) is 8.42. The summed E-state index contributed by atoms with van der Waals surface area (Å²) in [6.07, 6.45) is -2.87. The van der Waals surface area contributed by atoms with Gasteiger partial charge in [0.25, 0.3) is 0 Å². The van der Waals surface area contributed by atoms with Gasteiger partial charge in [-0.1, -0.05) is 37.3 Å². The maximum Gasteiger partial charge on any atom is 0.305 e. The minimum Gasteiger partial charge on any atom is -0.453 e. The Morgan fingerprint density at radius 3 is 2.15 bits per heavy atom. The zero-order chi connectivity index (χ0) is 19.3. The summed E-state index contributed by atoms with van der Waals surface area (Å²) in [7, 11) is 0. The van der Waals surface area contributed by atoms with Crippen molar-refractivity contribution in [2.45, 2.75) is 64.8 Å². The Hall–Kier alpha value is -2.25. The van der Waals surface area contributed by atoms with Crippen LogP contribution in [-0.2, 0) is 39.9 Å². The summed E-state index contributed by atoms with van der Waals surface area (Å²) >= 11 is 0. The Labute approximate surface area is 152 Å². The fourth-order valence-corrected chi connectivity index (χ4v) is 3.12. The Morgan fingerprint density at radius 2 is 1.65 bits per heavy atom. The van der Waals surface area contributed by atoms with Gasteiger partial charge < -0.3 is 18.9 Å². The molecule has 2 rings (SSSR count). The summed E-state index contributed by atoms with van der Waals surface area (Å²) in [6, 6.07) is 9.37. The maximum absolute atomic E-state index is 12.4. The largest absolute Gasteiger partial charge is 0.453 e. The number of rotatable bonds is 7. The van der Waals surface area contributed by atoms with E-state index in [2.05, 4.69) is 0 Å². The number of carbonyl (C=O) groups is 3. The van der Waals surface area contributed by atoms with E-state index in [0.29, 0.717) is 0 Å². The van der Waals surface area contributed by atoms with E-state index in [1.54, 1.807) is 6.92 Å². The highest BCUT2D eigenvalue weighted by Gasteiger charge is 2.61. The van der Waals surface area contributed by atoms with Crippen LogP contribution in [0.5, 0.6) is 0 Å². The Morgan fingerprint density at radius 1 is 1.04 bits per heavy atom. The quantitative estimate of drug-likeness (QED) is 0.685. The van der Waals surface area contributed by atoms with Gasteiger partial charge in [0.15, 0.2) is 17.5 Å². The predicted octanol–water partition coefficient (Wildman–Crippen LogP) is 2.16. The van der Waals surface area contributed by atoms with Crippen LogP contribution < -0.4 is 0 Å². The predicted molar refractivity (Wildman–Crippen MR) is 90.9 cm³/mol. The summed E-state index contributed by atoms with van der Waals surface area (Å²) in [4.78, 5) is 35.4. The highest BCUT2D eigenvalue weighted by molar-refractivity contribution is 5.86. The minimum absolute atomic E-state index is 0.189. The van der Waals surface area contributed by atoms with Crippen LogP contribution in [0.15, 0.2) is 30.3 Å². The zero-order valence-electron chi connectivity index (χ0n) is 15.4. The van der Waals surface area contributed by atoms with E-state index in [4.69, 9.17) is 18.9 Å². The molecule has 0 amide bonds. The molecule has 1 heterocycles. The van der Waals surface area contributed by atoms with Gasteiger partial charge in [0.2, 0.25) is 6.29 Å². The van der Waals surface area contributed by atoms with Crippen molar-refractivity contribution in [3.63, 3.8) is 0 Å². The van der Waals surface area contributed by atoms with Gasteiger partial charge in [0.05, 0.1) is 6.61 Å². The lowest BCUT2D eigenvalue weighted by Crippen LogP contribution is -2.50. The topological polar surface area (TPSA) is 88.1 Å². The maximum atomic E-state index is 12.4. The summed E-state index contributed by atoms with van der Waals surface area (Å²) in [6.45, 7) is 5.78. The van der Waals surface area contributed by atoms with Crippen LogP contribution >= 0.6 is 0 Å². The standard InChI is InChI=1S/C19H24O7/c1-5-19(12(2)20)17(23-11-15-9-7-6-8-10-15)16(24-13(3)21)18(26-19)25-14(4)22/h6-10,16-18H,5,11H2,1-4H3/t16-,17?,18?,19-/m0/s1. The second-order valence-corrected chi connectivity index (χ2v) is 6.19. The van der Waals surface area contributed by atoms with Gasteiger partial charge in [-0.2, -0.15) is 0 Å². The number of carbonyl (C=O) groups excluding carboxylic acids is 3. The van der Waals surface area contributed by atoms with Crippen LogP contribution in [0.4, 0.5) is 0 Å². The fraction of sp³-hybridized carbons (Fsp3) is 0.526.